The van der Waals surface area contributed by atoms with E-state index in [1.807, 2.05) is 18.7 Å². The summed E-state index contributed by atoms with van der Waals surface area (Å²) in [6.45, 7) is 12.8. The molecule has 11 heteroatoms. The average molecular weight is 447 g/mol. The van der Waals surface area contributed by atoms with E-state index in [1.54, 1.807) is 18.3 Å². The van der Waals surface area contributed by atoms with Gasteiger partial charge in [-0.15, -0.1) is 0 Å². The molecule has 0 radical (unpaired) electrons. The number of sulfonamides is 1. The van der Waals surface area contributed by atoms with Crippen molar-refractivity contribution in [1.29, 1.82) is 0 Å². The Morgan fingerprint density at radius 3 is 2.17 bits per heavy atom. The summed E-state index contributed by atoms with van der Waals surface area (Å²) >= 11 is 0. The summed E-state index contributed by atoms with van der Waals surface area (Å²) in [5.74, 6) is 0.967. The molecule has 0 unspecified atom stereocenters. The number of guanidine groups is 1. The topological polar surface area (TPSA) is 97.8 Å². The number of nitrogens with zero attached hydrogens (tertiary/aromatic N) is 5. The maximum atomic E-state index is 12.5. The number of nitrogens with one attached hydrogen (secondary N) is 1. The van der Waals surface area contributed by atoms with Crippen molar-refractivity contribution in [3.8, 4) is 0 Å². The van der Waals surface area contributed by atoms with Gasteiger partial charge in [0.1, 0.15) is 0 Å². The van der Waals surface area contributed by atoms with Crippen molar-refractivity contribution < 1.29 is 17.9 Å². The number of rotatable bonds is 8. The van der Waals surface area contributed by atoms with Gasteiger partial charge >= 0.3 is 0 Å². The summed E-state index contributed by atoms with van der Waals surface area (Å²) in [7, 11) is -1.54. The van der Waals surface area contributed by atoms with Gasteiger partial charge in [0.05, 0.1) is 18.5 Å². The van der Waals surface area contributed by atoms with E-state index in [0.29, 0.717) is 26.2 Å². The fourth-order valence-corrected chi connectivity index (χ4v) is 4.93. The van der Waals surface area contributed by atoms with E-state index in [-0.39, 0.29) is 24.4 Å². The van der Waals surface area contributed by atoms with E-state index in [2.05, 4.69) is 20.1 Å². The SMILES string of the molecule is CN=C(NCCN1CCN(C(C)=O)CC1)N1CCN(S(=O)(=O)CCOC(C)C)CC1. The van der Waals surface area contributed by atoms with Gasteiger partial charge in [-0.1, -0.05) is 0 Å². The molecule has 10 nitrogen and oxygen atoms in total. The first-order valence-corrected chi connectivity index (χ1v) is 12.4. The Balaban J connectivity index is 1.70. The highest BCUT2D eigenvalue weighted by Gasteiger charge is 2.28. The molecule has 0 atom stereocenters. The van der Waals surface area contributed by atoms with Gasteiger partial charge in [-0.2, -0.15) is 4.31 Å². The molecule has 0 saturated carbocycles. The second-order valence-corrected chi connectivity index (χ2v) is 10.0. The summed E-state index contributed by atoms with van der Waals surface area (Å²) in [5, 5.41) is 3.39. The van der Waals surface area contributed by atoms with Crippen LogP contribution >= 0.6 is 0 Å². The number of hydrogen-bond donors (Lipinski definition) is 1. The van der Waals surface area contributed by atoms with E-state index in [9.17, 15) is 13.2 Å². The predicted octanol–water partition coefficient (Wildman–Crippen LogP) is -0.902. The lowest BCUT2D eigenvalue weighted by Crippen LogP contribution is -2.55. The van der Waals surface area contributed by atoms with Crippen molar-refractivity contribution in [3.05, 3.63) is 0 Å². The monoisotopic (exact) mass is 446 g/mol. The van der Waals surface area contributed by atoms with Crippen molar-refractivity contribution in [2.75, 3.05) is 84.9 Å². The molecule has 0 spiro atoms. The minimum Gasteiger partial charge on any atom is -0.378 e. The summed E-state index contributed by atoms with van der Waals surface area (Å²) in [6, 6.07) is 0. The lowest BCUT2D eigenvalue weighted by atomic mass is 10.3. The van der Waals surface area contributed by atoms with Crippen LogP contribution in [0.2, 0.25) is 0 Å². The number of hydrogen-bond acceptors (Lipinski definition) is 6. The summed E-state index contributed by atoms with van der Waals surface area (Å²) < 4.78 is 31.9. The molecule has 0 aromatic rings. The third kappa shape index (κ3) is 7.68. The van der Waals surface area contributed by atoms with Crippen molar-refractivity contribution in [1.82, 2.24) is 24.3 Å². The summed E-state index contributed by atoms with van der Waals surface area (Å²) in [4.78, 5) is 22.1. The second-order valence-electron chi connectivity index (χ2n) is 7.94. The van der Waals surface area contributed by atoms with Crippen LogP contribution in [0.4, 0.5) is 0 Å². The van der Waals surface area contributed by atoms with Gasteiger partial charge in [0.2, 0.25) is 15.9 Å². The number of piperazine rings is 2. The van der Waals surface area contributed by atoms with E-state index >= 15 is 0 Å². The van der Waals surface area contributed by atoms with E-state index < -0.39 is 10.0 Å². The minimum absolute atomic E-state index is 0.0229. The molecular weight excluding hydrogens is 408 g/mol. The number of carbonyl (C=O) groups excluding carboxylic acids is 1. The van der Waals surface area contributed by atoms with Crippen LogP contribution in [0.3, 0.4) is 0 Å². The molecule has 2 saturated heterocycles. The highest BCUT2D eigenvalue weighted by Crippen LogP contribution is 2.09. The van der Waals surface area contributed by atoms with Crippen molar-refractivity contribution in [3.63, 3.8) is 0 Å². The normalized spacial score (nSPS) is 20.1. The summed E-state index contributed by atoms with van der Waals surface area (Å²) in [5.41, 5.74) is 0. The second kappa shape index (κ2) is 11.8. The zero-order valence-electron chi connectivity index (χ0n) is 18.8. The van der Waals surface area contributed by atoms with Crippen molar-refractivity contribution >= 4 is 21.9 Å². The third-order valence-electron chi connectivity index (χ3n) is 5.46. The van der Waals surface area contributed by atoms with Gasteiger partial charge in [-0.05, 0) is 13.8 Å². The Bertz CT molecular complexity index is 669. The van der Waals surface area contributed by atoms with Gasteiger partial charge in [-0.3, -0.25) is 14.7 Å². The Morgan fingerprint density at radius 2 is 1.63 bits per heavy atom. The fraction of sp³-hybridized carbons (Fsp3) is 0.895. The van der Waals surface area contributed by atoms with Gasteiger partial charge in [0.25, 0.3) is 0 Å². The Labute approximate surface area is 181 Å². The van der Waals surface area contributed by atoms with Crippen LogP contribution in [0, 0.1) is 0 Å². The first kappa shape index (κ1) is 24.8. The lowest BCUT2D eigenvalue weighted by molar-refractivity contribution is -0.130. The smallest absolute Gasteiger partial charge is 0.219 e. The Morgan fingerprint density at radius 1 is 1.03 bits per heavy atom. The molecule has 2 rings (SSSR count). The first-order chi connectivity index (χ1) is 14.2. The van der Waals surface area contributed by atoms with Gasteiger partial charge in [0, 0.05) is 79.4 Å². The van der Waals surface area contributed by atoms with Gasteiger partial charge < -0.3 is 19.9 Å². The van der Waals surface area contributed by atoms with Crippen molar-refractivity contribution in [2.24, 2.45) is 4.99 Å². The molecule has 0 aliphatic carbocycles. The highest BCUT2D eigenvalue weighted by atomic mass is 32.2. The molecule has 0 aromatic carbocycles. The summed E-state index contributed by atoms with van der Waals surface area (Å²) in [6.07, 6.45) is 0.0319. The fourth-order valence-electron chi connectivity index (χ4n) is 3.64. The lowest BCUT2D eigenvalue weighted by Gasteiger charge is -2.37. The predicted molar refractivity (Wildman–Crippen MR) is 118 cm³/mol. The van der Waals surface area contributed by atoms with E-state index in [1.165, 1.54) is 0 Å². The zero-order valence-corrected chi connectivity index (χ0v) is 19.7. The molecule has 2 aliphatic rings. The van der Waals surface area contributed by atoms with Crippen LogP contribution in [-0.4, -0.2) is 130 Å². The van der Waals surface area contributed by atoms with Crippen molar-refractivity contribution in [2.45, 2.75) is 26.9 Å². The van der Waals surface area contributed by atoms with Gasteiger partial charge in [-0.25, -0.2) is 8.42 Å². The molecule has 2 aliphatic heterocycles. The average Bonchev–Trinajstić information content (AvgIpc) is 2.71. The van der Waals surface area contributed by atoms with Crippen LogP contribution in [-0.2, 0) is 19.6 Å². The molecule has 2 heterocycles. The van der Waals surface area contributed by atoms with Crippen LogP contribution in [0.25, 0.3) is 0 Å². The number of carbonyl (C=O) groups is 1. The molecule has 174 valence electrons. The molecule has 0 bridgehead atoms. The van der Waals surface area contributed by atoms with E-state index in [4.69, 9.17) is 4.74 Å². The molecule has 1 amide bonds. The molecule has 2 fully saturated rings. The molecule has 30 heavy (non-hydrogen) atoms. The Hall–Kier alpha value is -1.43. The molecule has 0 aromatic heterocycles. The number of ether oxygens (including phenoxy) is 1. The first-order valence-electron chi connectivity index (χ1n) is 10.8. The van der Waals surface area contributed by atoms with E-state index in [0.717, 1.165) is 45.2 Å². The third-order valence-corrected chi connectivity index (χ3v) is 7.30. The highest BCUT2D eigenvalue weighted by molar-refractivity contribution is 7.89. The maximum absolute atomic E-state index is 12.5. The van der Waals surface area contributed by atoms with Crippen LogP contribution < -0.4 is 5.32 Å². The molecular formula is C19H38N6O4S. The van der Waals surface area contributed by atoms with Gasteiger partial charge in [0.15, 0.2) is 5.96 Å². The largest absolute Gasteiger partial charge is 0.378 e. The zero-order chi connectivity index (χ0) is 22.1. The Kier molecular flexibility index (Phi) is 9.79. The minimum atomic E-state index is -3.29. The quantitative estimate of drug-likeness (QED) is 0.381. The number of amides is 1. The maximum Gasteiger partial charge on any atom is 0.219 e. The van der Waals surface area contributed by atoms with Crippen LogP contribution in [0.5, 0.6) is 0 Å². The molecule has 1 N–H and O–H groups in total. The standard InChI is InChI=1S/C19H38N6O4S/c1-17(2)29-15-16-30(27,28)25-13-11-24(12-14-25)19(20-4)21-5-6-22-7-9-23(10-8-22)18(3)26/h17H,5-16H2,1-4H3,(H,20,21). The number of aliphatic imine (C=N–C) groups is 1. The van der Waals surface area contributed by atoms with Crippen LogP contribution in [0.1, 0.15) is 20.8 Å². The van der Waals surface area contributed by atoms with Crippen LogP contribution in [0.15, 0.2) is 4.99 Å².